The van der Waals surface area contributed by atoms with Gasteiger partial charge in [-0.3, -0.25) is 0 Å². The Morgan fingerprint density at radius 2 is 1.89 bits per heavy atom. The van der Waals surface area contributed by atoms with Gasteiger partial charge in [0, 0.05) is 18.4 Å². The lowest BCUT2D eigenvalue weighted by Gasteiger charge is -2.13. The van der Waals surface area contributed by atoms with E-state index in [4.69, 9.17) is 8.83 Å². The number of nitrogens with zero attached hydrogens (tertiary/aromatic N) is 2. The van der Waals surface area contributed by atoms with E-state index >= 15 is 0 Å². The first-order valence-corrected chi connectivity index (χ1v) is 9.54. The first kappa shape index (κ1) is 19.7. The quantitative estimate of drug-likeness (QED) is 0.478. The van der Waals surface area contributed by atoms with Gasteiger partial charge in [-0.25, -0.2) is 9.98 Å². The van der Waals surface area contributed by atoms with E-state index in [2.05, 4.69) is 53.5 Å². The van der Waals surface area contributed by atoms with Gasteiger partial charge in [0.25, 0.3) is 0 Å². The van der Waals surface area contributed by atoms with E-state index in [1.807, 2.05) is 30.3 Å². The molecule has 0 aliphatic carbocycles. The van der Waals surface area contributed by atoms with Crippen molar-refractivity contribution >= 4 is 5.96 Å². The maximum absolute atomic E-state index is 5.85. The lowest BCUT2D eigenvalue weighted by atomic mass is 9.94. The zero-order valence-corrected chi connectivity index (χ0v) is 16.7. The number of aromatic nitrogens is 1. The fraction of sp³-hybridized carbons (Fsp3) is 0.364. The molecule has 2 N–H and O–H groups in total. The van der Waals surface area contributed by atoms with E-state index in [1.54, 1.807) is 12.5 Å². The third kappa shape index (κ3) is 6.01. The Morgan fingerprint density at radius 3 is 2.57 bits per heavy atom. The van der Waals surface area contributed by atoms with Gasteiger partial charge in [-0.15, -0.1) is 0 Å². The van der Waals surface area contributed by atoms with E-state index in [0.29, 0.717) is 31.5 Å². The molecule has 0 aliphatic rings. The summed E-state index contributed by atoms with van der Waals surface area (Å²) in [5.41, 5.74) is 1.09. The SMILES string of the molecule is CC(C)(C)c1cnc(CNC(=NCc2ccccc2)NCCc2ccco2)o1. The van der Waals surface area contributed by atoms with Crippen molar-refractivity contribution in [1.29, 1.82) is 0 Å². The molecule has 0 atom stereocenters. The summed E-state index contributed by atoms with van der Waals surface area (Å²) in [4.78, 5) is 9.04. The van der Waals surface area contributed by atoms with Crippen LogP contribution in [0.4, 0.5) is 0 Å². The second-order valence-electron chi connectivity index (χ2n) is 7.63. The summed E-state index contributed by atoms with van der Waals surface area (Å²) in [6.07, 6.45) is 4.27. The number of oxazole rings is 1. The highest BCUT2D eigenvalue weighted by atomic mass is 16.4. The van der Waals surface area contributed by atoms with Crippen LogP contribution in [-0.4, -0.2) is 17.5 Å². The number of rotatable bonds is 7. The lowest BCUT2D eigenvalue weighted by molar-refractivity contribution is 0.379. The molecule has 0 saturated carbocycles. The van der Waals surface area contributed by atoms with Crippen LogP contribution < -0.4 is 10.6 Å². The minimum atomic E-state index is -0.0588. The number of nitrogens with one attached hydrogen (secondary N) is 2. The Hall–Kier alpha value is -3.02. The lowest BCUT2D eigenvalue weighted by Crippen LogP contribution is -2.38. The molecule has 3 aromatic rings. The number of furan rings is 1. The smallest absolute Gasteiger partial charge is 0.213 e. The summed E-state index contributed by atoms with van der Waals surface area (Å²) >= 11 is 0. The highest BCUT2D eigenvalue weighted by molar-refractivity contribution is 5.79. The third-order valence-electron chi connectivity index (χ3n) is 4.21. The normalized spacial score (nSPS) is 12.2. The van der Waals surface area contributed by atoms with Crippen LogP contribution >= 0.6 is 0 Å². The summed E-state index contributed by atoms with van der Waals surface area (Å²) in [7, 11) is 0. The van der Waals surface area contributed by atoms with Crippen LogP contribution in [0.15, 0.2) is 68.8 Å². The summed E-state index contributed by atoms with van der Waals surface area (Å²) < 4.78 is 11.2. The fourth-order valence-electron chi connectivity index (χ4n) is 2.59. The van der Waals surface area contributed by atoms with E-state index in [1.165, 1.54) is 0 Å². The maximum atomic E-state index is 5.85. The molecule has 6 heteroatoms. The fourth-order valence-corrected chi connectivity index (χ4v) is 2.59. The number of benzene rings is 1. The zero-order chi connectivity index (χ0) is 19.8. The van der Waals surface area contributed by atoms with E-state index in [0.717, 1.165) is 23.5 Å². The van der Waals surface area contributed by atoms with Gasteiger partial charge >= 0.3 is 0 Å². The molecule has 0 saturated heterocycles. The van der Waals surface area contributed by atoms with Crippen molar-refractivity contribution in [3.63, 3.8) is 0 Å². The minimum Gasteiger partial charge on any atom is -0.469 e. The standard InChI is InChI=1S/C22H28N4O2/c1-22(2,3)19-15-24-20(28-19)16-26-21(23-12-11-18-10-7-13-27-18)25-14-17-8-5-4-6-9-17/h4-10,13,15H,11-12,14,16H2,1-3H3,(H2,23,25,26). The maximum Gasteiger partial charge on any atom is 0.213 e. The predicted octanol–water partition coefficient (Wildman–Crippen LogP) is 4.04. The summed E-state index contributed by atoms with van der Waals surface area (Å²) in [6, 6.07) is 14.0. The van der Waals surface area contributed by atoms with Crippen molar-refractivity contribution in [3.8, 4) is 0 Å². The van der Waals surface area contributed by atoms with E-state index < -0.39 is 0 Å². The van der Waals surface area contributed by atoms with Crippen molar-refractivity contribution in [3.05, 3.63) is 77.9 Å². The molecule has 0 spiro atoms. The Morgan fingerprint density at radius 1 is 1.07 bits per heavy atom. The molecule has 6 nitrogen and oxygen atoms in total. The molecule has 1 aromatic carbocycles. The second-order valence-corrected chi connectivity index (χ2v) is 7.63. The number of hydrogen-bond donors (Lipinski definition) is 2. The van der Waals surface area contributed by atoms with Gasteiger partial charge in [-0.2, -0.15) is 0 Å². The predicted molar refractivity (Wildman–Crippen MR) is 110 cm³/mol. The monoisotopic (exact) mass is 380 g/mol. The van der Waals surface area contributed by atoms with Crippen molar-refractivity contribution in [2.75, 3.05) is 6.54 Å². The number of guanidine groups is 1. The average molecular weight is 380 g/mol. The van der Waals surface area contributed by atoms with Crippen LogP contribution in [0, 0.1) is 0 Å². The van der Waals surface area contributed by atoms with Gasteiger partial charge in [0.05, 0.1) is 25.5 Å². The molecule has 0 radical (unpaired) electrons. The summed E-state index contributed by atoms with van der Waals surface area (Å²) in [6.45, 7) is 8.09. The summed E-state index contributed by atoms with van der Waals surface area (Å²) in [5, 5.41) is 6.65. The largest absolute Gasteiger partial charge is 0.469 e. The van der Waals surface area contributed by atoms with Gasteiger partial charge in [0.15, 0.2) is 5.96 Å². The van der Waals surface area contributed by atoms with Gasteiger partial charge in [-0.05, 0) is 17.7 Å². The Kier molecular flexibility index (Phi) is 6.53. The zero-order valence-electron chi connectivity index (χ0n) is 16.7. The van der Waals surface area contributed by atoms with Crippen LogP contribution in [-0.2, 0) is 24.9 Å². The number of hydrogen-bond acceptors (Lipinski definition) is 4. The molecule has 28 heavy (non-hydrogen) atoms. The Bertz CT molecular complexity index is 862. The van der Waals surface area contributed by atoms with Crippen LogP contribution in [0.3, 0.4) is 0 Å². The van der Waals surface area contributed by atoms with Crippen LogP contribution in [0.1, 0.15) is 43.7 Å². The van der Waals surface area contributed by atoms with Gasteiger partial charge in [-0.1, -0.05) is 51.1 Å². The summed E-state index contributed by atoms with van der Waals surface area (Å²) in [5.74, 6) is 3.17. The first-order chi connectivity index (χ1) is 13.5. The van der Waals surface area contributed by atoms with Gasteiger partial charge in [0.2, 0.25) is 5.89 Å². The molecule has 0 fully saturated rings. The highest BCUT2D eigenvalue weighted by Crippen LogP contribution is 2.22. The van der Waals surface area contributed by atoms with E-state index in [9.17, 15) is 0 Å². The Labute approximate surface area is 166 Å². The van der Waals surface area contributed by atoms with Crippen molar-refractivity contribution in [1.82, 2.24) is 15.6 Å². The van der Waals surface area contributed by atoms with Crippen LogP contribution in [0.25, 0.3) is 0 Å². The molecule has 0 unspecified atom stereocenters. The van der Waals surface area contributed by atoms with Crippen LogP contribution in [0.5, 0.6) is 0 Å². The molecular formula is C22H28N4O2. The molecule has 0 amide bonds. The third-order valence-corrected chi connectivity index (χ3v) is 4.21. The number of aliphatic imine (C=N–C) groups is 1. The average Bonchev–Trinajstić information content (AvgIpc) is 3.36. The van der Waals surface area contributed by atoms with Crippen molar-refractivity contribution in [2.24, 2.45) is 4.99 Å². The van der Waals surface area contributed by atoms with Crippen molar-refractivity contribution in [2.45, 2.75) is 45.7 Å². The topological polar surface area (TPSA) is 75.6 Å². The molecule has 148 valence electrons. The molecule has 0 bridgehead atoms. The molecular weight excluding hydrogens is 352 g/mol. The molecule has 3 rings (SSSR count). The van der Waals surface area contributed by atoms with Crippen molar-refractivity contribution < 1.29 is 8.83 Å². The Balaban J connectivity index is 1.60. The highest BCUT2D eigenvalue weighted by Gasteiger charge is 2.19. The van der Waals surface area contributed by atoms with E-state index in [-0.39, 0.29) is 5.41 Å². The minimum absolute atomic E-state index is 0.0588. The van der Waals surface area contributed by atoms with Gasteiger partial charge in [0.1, 0.15) is 11.5 Å². The molecule has 2 heterocycles. The first-order valence-electron chi connectivity index (χ1n) is 9.54. The molecule has 2 aromatic heterocycles. The van der Waals surface area contributed by atoms with Gasteiger partial charge < -0.3 is 19.5 Å². The second kappa shape index (κ2) is 9.26. The van der Waals surface area contributed by atoms with Crippen LogP contribution in [0.2, 0.25) is 0 Å². The molecule has 0 aliphatic heterocycles.